The van der Waals surface area contributed by atoms with Crippen LogP contribution in [0.5, 0.6) is 0 Å². The molecule has 45 heavy (non-hydrogen) atoms. The number of ether oxygens (including phenoxy) is 3. The van der Waals surface area contributed by atoms with Gasteiger partial charge < -0.3 is 24.1 Å². The minimum atomic E-state index is -1.18. The number of aryl methyl sites for hydroxylation is 1. The smallest absolute Gasteiger partial charge is 0.410 e. The van der Waals surface area contributed by atoms with Crippen LogP contribution < -0.4 is 5.56 Å². The SMILES string of the molecule is COC(=O)[C@@H](Cc1cc(C)c2nn(COCC[Si](C)(C)C)cc2c1)OC(=O)N1CCC(c2cc3cccc(F)c3[nH]c2=O)CC1. The number of hydrogen-bond acceptors (Lipinski definition) is 7. The summed E-state index contributed by atoms with van der Waals surface area (Å²) in [5.41, 5.74) is 3.02. The number of H-pyrrole nitrogens is 1. The first-order chi connectivity index (χ1) is 21.4. The van der Waals surface area contributed by atoms with Gasteiger partial charge in [-0.2, -0.15) is 5.10 Å². The summed E-state index contributed by atoms with van der Waals surface area (Å²) in [6.45, 7) is 10.6. The monoisotopic (exact) mass is 636 g/mol. The van der Waals surface area contributed by atoms with Gasteiger partial charge in [-0.25, -0.2) is 18.7 Å². The van der Waals surface area contributed by atoms with Gasteiger partial charge in [-0.3, -0.25) is 4.79 Å². The van der Waals surface area contributed by atoms with Crippen LogP contribution >= 0.6 is 0 Å². The van der Waals surface area contributed by atoms with Gasteiger partial charge in [-0.05, 0) is 61.1 Å². The van der Waals surface area contributed by atoms with Crippen molar-refractivity contribution in [2.24, 2.45) is 0 Å². The molecule has 1 aliphatic heterocycles. The average Bonchev–Trinajstić information content (AvgIpc) is 3.42. The lowest BCUT2D eigenvalue weighted by Crippen LogP contribution is -2.42. The van der Waals surface area contributed by atoms with E-state index in [0.717, 1.165) is 28.1 Å². The molecule has 4 aromatic rings. The number of halogens is 1. The van der Waals surface area contributed by atoms with Crippen LogP contribution in [0.1, 0.15) is 35.4 Å². The van der Waals surface area contributed by atoms with E-state index in [4.69, 9.17) is 14.2 Å². The van der Waals surface area contributed by atoms with E-state index in [2.05, 4.69) is 29.7 Å². The van der Waals surface area contributed by atoms with Crippen LogP contribution in [0.3, 0.4) is 0 Å². The fourth-order valence-electron chi connectivity index (χ4n) is 5.76. The predicted octanol–water partition coefficient (Wildman–Crippen LogP) is 5.74. The molecular formula is C33H41FN4O6Si. The molecule has 0 bridgehead atoms. The van der Waals surface area contributed by atoms with Crippen molar-refractivity contribution in [3.63, 3.8) is 0 Å². The van der Waals surface area contributed by atoms with E-state index in [-0.39, 0.29) is 23.4 Å². The zero-order chi connectivity index (χ0) is 32.3. The van der Waals surface area contributed by atoms with E-state index in [1.54, 1.807) is 27.8 Å². The van der Waals surface area contributed by atoms with Crippen molar-refractivity contribution in [1.29, 1.82) is 0 Å². The second-order valence-electron chi connectivity index (χ2n) is 13.0. The molecule has 1 N–H and O–H groups in total. The van der Waals surface area contributed by atoms with E-state index in [0.29, 0.717) is 50.2 Å². The molecule has 1 atom stereocenters. The largest absolute Gasteiger partial charge is 0.466 e. The van der Waals surface area contributed by atoms with Gasteiger partial charge in [0, 0.05) is 56.7 Å². The van der Waals surface area contributed by atoms with Crippen molar-refractivity contribution in [2.75, 3.05) is 26.8 Å². The molecule has 3 heterocycles. The van der Waals surface area contributed by atoms with E-state index in [9.17, 15) is 18.8 Å². The second kappa shape index (κ2) is 13.5. The van der Waals surface area contributed by atoms with E-state index < -0.39 is 32.1 Å². The second-order valence-corrected chi connectivity index (χ2v) is 18.6. The molecule has 1 fully saturated rings. The lowest BCUT2D eigenvalue weighted by molar-refractivity contribution is -0.151. The summed E-state index contributed by atoms with van der Waals surface area (Å²) in [5, 5.41) is 6.19. The van der Waals surface area contributed by atoms with Crippen LogP contribution in [-0.4, -0.2) is 72.7 Å². The molecule has 5 rings (SSSR count). The minimum absolute atomic E-state index is 0.0942. The number of benzene rings is 2. The lowest BCUT2D eigenvalue weighted by atomic mass is 9.89. The summed E-state index contributed by atoms with van der Waals surface area (Å²) in [6.07, 6.45) is 1.38. The number of nitrogens with zero attached hydrogens (tertiary/aromatic N) is 3. The number of carbonyl (C=O) groups excluding carboxylic acids is 2. The number of hydrogen-bond donors (Lipinski definition) is 1. The number of piperidine rings is 1. The number of esters is 1. The molecular weight excluding hydrogens is 595 g/mol. The Labute approximate surface area is 262 Å². The Kier molecular flexibility index (Phi) is 9.73. The topological polar surface area (TPSA) is 116 Å². The van der Waals surface area contributed by atoms with Crippen LogP contribution in [0.25, 0.3) is 21.8 Å². The zero-order valence-electron chi connectivity index (χ0n) is 26.5. The number of fused-ring (bicyclic) bond motifs is 2. The first-order valence-electron chi connectivity index (χ1n) is 15.3. The highest BCUT2D eigenvalue weighted by molar-refractivity contribution is 6.76. The van der Waals surface area contributed by atoms with Crippen molar-refractivity contribution in [3.8, 4) is 0 Å². The number of aromatic amines is 1. The molecule has 12 heteroatoms. The highest BCUT2D eigenvalue weighted by Crippen LogP contribution is 2.29. The van der Waals surface area contributed by atoms with Gasteiger partial charge in [0.05, 0.1) is 18.1 Å². The third-order valence-electron chi connectivity index (χ3n) is 8.31. The normalized spacial score (nSPS) is 15.0. The highest BCUT2D eigenvalue weighted by atomic mass is 28.3. The fraction of sp³-hybridized carbons (Fsp3) is 0.455. The van der Waals surface area contributed by atoms with Crippen molar-refractivity contribution >= 4 is 41.9 Å². The molecule has 1 aliphatic rings. The number of amides is 1. The molecule has 0 aliphatic carbocycles. The maximum atomic E-state index is 14.1. The zero-order valence-corrected chi connectivity index (χ0v) is 27.5. The van der Waals surface area contributed by atoms with Gasteiger partial charge in [-0.15, -0.1) is 0 Å². The average molecular weight is 637 g/mol. The molecule has 0 saturated carbocycles. The van der Waals surface area contributed by atoms with Crippen molar-refractivity contribution in [1.82, 2.24) is 19.7 Å². The van der Waals surface area contributed by atoms with Crippen LogP contribution in [0, 0.1) is 12.7 Å². The summed E-state index contributed by atoms with van der Waals surface area (Å²) < 4.78 is 32.4. The van der Waals surface area contributed by atoms with Crippen molar-refractivity contribution in [2.45, 2.75) is 70.6 Å². The Morgan fingerprint density at radius 1 is 1.13 bits per heavy atom. The number of methoxy groups -OCH3 is 1. The molecule has 1 amide bonds. The third kappa shape index (κ3) is 7.80. The van der Waals surface area contributed by atoms with Crippen LogP contribution in [-0.2, 0) is 32.2 Å². The fourth-order valence-corrected chi connectivity index (χ4v) is 6.52. The molecule has 2 aromatic heterocycles. The summed E-state index contributed by atoms with van der Waals surface area (Å²) in [5.74, 6) is -1.21. The number of pyridine rings is 1. The number of aromatic nitrogens is 3. The third-order valence-corrected chi connectivity index (χ3v) is 10.0. The molecule has 0 spiro atoms. The van der Waals surface area contributed by atoms with E-state index in [1.807, 2.05) is 25.3 Å². The standard InChI is InChI=1S/C33H41FN4O6Si/c1-21-15-22(16-25-19-38(36-29(21)25)20-43-13-14-45(3,4)5)17-28(32(40)42-2)44-33(41)37-11-9-23(10-12-37)26-18-24-7-6-8-27(34)30(24)35-31(26)39/h6-8,15-16,18-19,23,28H,9-14,17,20H2,1-5H3,(H,35,39)/t28-/m1/s1. The van der Waals surface area contributed by atoms with Crippen LogP contribution in [0.4, 0.5) is 9.18 Å². The van der Waals surface area contributed by atoms with Crippen molar-refractivity contribution < 1.29 is 28.2 Å². The predicted molar refractivity (Wildman–Crippen MR) is 173 cm³/mol. The molecule has 1 saturated heterocycles. The van der Waals surface area contributed by atoms with Crippen LogP contribution in [0.15, 0.2) is 47.4 Å². The lowest BCUT2D eigenvalue weighted by Gasteiger charge is -2.32. The maximum Gasteiger partial charge on any atom is 0.410 e. The summed E-state index contributed by atoms with van der Waals surface area (Å²) in [6, 6.07) is 11.4. The van der Waals surface area contributed by atoms with Gasteiger partial charge in [0.15, 0.2) is 0 Å². The molecule has 240 valence electrons. The number of para-hydroxylation sites is 1. The molecule has 0 radical (unpaired) electrons. The number of nitrogens with one attached hydrogen (secondary N) is 1. The maximum absolute atomic E-state index is 14.1. The Morgan fingerprint density at radius 3 is 2.60 bits per heavy atom. The number of likely N-dealkylation sites (tertiary alicyclic amines) is 1. The molecule has 0 unspecified atom stereocenters. The Balaban J connectivity index is 1.22. The highest BCUT2D eigenvalue weighted by Gasteiger charge is 2.31. The summed E-state index contributed by atoms with van der Waals surface area (Å²) in [4.78, 5) is 42.8. The van der Waals surface area contributed by atoms with Gasteiger partial charge in [0.1, 0.15) is 12.5 Å². The first kappa shape index (κ1) is 32.4. The van der Waals surface area contributed by atoms with Gasteiger partial charge in [0.25, 0.3) is 5.56 Å². The van der Waals surface area contributed by atoms with Gasteiger partial charge >= 0.3 is 12.1 Å². The Morgan fingerprint density at radius 2 is 1.89 bits per heavy atom. The summed E-state index contributed by atoms with van der Waals surface area (Å²) in [7, 11) is 0.0873. The van der Waals surface area contributed by atoms with E-state index >= 15 is 0 Å². The minimum Gasteiger partial charge on any atom is -0.466 e. The quantitative estimate of drug-likeness (QED) is 0.134. The summed E-state index contributed by atoms with van der Waals surface area (Å²) >= 11 is 0. The molecule has 10 nitrogen and oxygen atoms in total. The first-order valence-corrected chi connectivity index (χ1v) is 19.0. The van der Waals surface area contributed by atoms with Gasteiger partial charge in [-0.1, -0.05) is 37.8 Å². The molecule has 2 aromatic carbocycles. The van der Waals surface area contributed by atoms with Crippen LogP contribution in [0.2, 0.25) is 25.7 Å². The van der Waals surface area contributed by atoms with Gasteiger partial charge in [0.2, 0.25) is 6.10 Å². The number of rotatable bonds is 10. The number of carbonyl (C=O) groups is 2. The van der Waals surface area contributed by atoms with E-state index in [1.165, 1.54) is 13.2 Å². The van der Waals surface area contributed by atoms with Crippen molar-refractivity contribution in [3.05, 3.63) is 75.5 Å². The Hall–Kier alpha value is -4.03. The Bertz CT molecular complexity index is 1760.